The Labute approximate surface area is 166 Å². The lowest BCUT2D eigenvalue weighted by molar-refractivity contribution is -0.385. The zero-order chi connectivity index (χ0) is 19.4. The molecule has 26 heavy (non-hydrogen) atoms. The Kier molecular flexibility index (Phi) is 6.49. The summed E-state index contributed by atoms with van der Waals surface area (Å²) >= 11 is 6.34. The summed E-state index contributed by atoms with van der Waals surface area (Å²) in [5, 5.41) is 13.4. The third kappa shape index (κ3) is 4.89. The average Bonchev–Trinajstić information content (AvgIpc) is 2.55. The highest BCUT2D eigenvalue weighted by molar-refractivity contribution is 9.11. The third-order valence-corrected chi connectivity index (χ3v) is 4.69. The first-order valence-electron chi connectivity index (χ1n) is 7.36. The van der Waals surface area contributed by atoms with Crippen LogP contribution in [-0.2, 0) is 9.53 Å². The number of non-ortho nitro benzene ring substituents is 1. The minimum absolute atomic E-state index is 0.136. The molecule has 2 aromatic rings. The summed E-state index contributed by atoms with van der Waals surface area (Å²) in [4.78, 5) is 34.4. The van der Waals surface area contributed by atoms with Crippen molar-refractivity contribution in [1.82, 2.24) is 0 Å². The number of anilines is 1. The molecule has 0 saturated heterocycles. The second-order valence-corrected chi connectivity index (χ2v) is 7.19. The van der Waals surface area contributed by atoms with Crippen molar-refractivity contribution in [3.05, 3.63) is 66.1 Å². The molecule has 9 heteroatoms. The third-order valence-electron chi connectivity index (χ3n) is 3.44. The first kappa shape index (κ1) is 20.1. The molecule has 0 heterocycles. The van der Waals surface area contributed by atoms with Gasteiger partial charge < -0.3 is 10.1 Å². The molecule has 0 aromatic heterocycles. The molecule has 1 amide bonds. The summed E-state index contributed by atoms with van der Waals surface area (Å²) < 4.78 is 5.69. The van der Waals surface area contributed by atoms with Crippen LogP contribution < -0.4 is 5.32 Å². The maximum absolute atomic E-state index is 12.1. The van der Waals surface area contributed by atoms with Crippen molar-refractivity contribution in [2.24, 2.45) is 0 Å². The van der Waals surface area contributed by atoms with Crippen LogP contribution in [0.15, 0.2) is 39.3 Å². The maximum Gasteiger partial charge on any atom is 0.338 e. The zero-order valence-electron chi connectivity index (χ0n) is 13.8. The van der Waals surface area contributed by atoms with Gasteiger partial charge >= 0.3 is 5.97 Å². The number of nitrogens with zero attached hydrogens (tertiary/aromatic N) is 1. The van der Waals surface area contributed by atoms with Gasteiger partial charge in [0.05, 0.1) is 16.2 Å². The Morgan fingerprint density at radius 1 is 1.15 bits per heavy atom. The summed E-state index contributed by atoms with van der Waals surface area (Å²) in [6.07, 6.45) is 0. The van der Waals surface area contributed by atoms with Crippen LogP contribution in [0, 0.1) is 24.0 Å². The lowest BCUT2D eigenvalue weighted by atomic mass is 10.1. The molecule has 0 atom stereocenters. The highest BCUT2D eigenvalue weighted by atomic mass is 79.9. The van der Waals surface area contributed by atoms with Gasteiger partial charge in [-0.05, 0) is 57.3 Å². The molecule has 7 nitrogen and oxygen atoms in total. The van der Waals surface area contributed by atoms with E-state index in [1.807, 2.05) is 13.0 Å². The van der Waals surface area contributed by atoms with Gasteiger partial charge in [-0.2, -0.15) is 0 Å². The molecular formula is C17H14Br2N2O5. The number of hydrogen-bond donors (Lipinski definition) is 1. The largest absolute Gasteiger partial charge is 0.452 e. The van der Waals surface area contributed by atoms with Gasteiger partial charge in [-0.25, -0.2) is 4.79 Å². The molecule has 0 saturated carbocycles. The van der Waals surface area contributed by atoms with Gasteiger partial charge in [-0.3, -0.25) is 14.9 Å². The standard InChI is InChI=1S/C17H14Br2N2O5/c1-9-3-4-12(10(2)5-9)17(23)26-8-15(22)20-16-13(18)6-11(21(24)25)7-14(16)19/h3-7H,8H2,1-2H3,(H,20,22). The average molecular weight is 486 g/mol. The zero-order valence-corrected chi connectivity index (χ0v) is 17.0. The highest BCUT2D eigenvalue weighted by Gasteiger charge is 2.17. The van der Waals surface area contributed by atoms with Gasteiger partial charge in [0.25, 0.3) is 11.6 Å². The first-order valence-corrected chi connectivity index (χ1v) is 8.95. The Balaban J connectivity index is 2.03. The van der Waals surface area contributed by atoms with Crippen LogP contribution in [0.3, 0.4) is 0 Å². The van der Waals surface area contributed by atoms with Crippen molar-refractivity contribution in [2.75, 3.05) is 11.9 Å². The maximum atomic E-state index is 12.1. The molecule has 0 bridgehead atoms. The van der Waals surface area contributed by atoms with E-state index in [0.717, 1.165) is 11.1 Å². The van der Waals surface area contributed by atoms with Crippen LogP contribution in [0.4, 0.5) is 11.4 Å². The smallest absolute Gasteiger partial charge is 0.338 e. The van der Waals surface area contributed by atoms with Crippen molar-refractivity contribution in [2.45, 2.75) is 13.8 Å². The Morgan fingerprint density at radius 3 is 2.31 bits per heavy atom. The molecule has 0 aliphatic heterocycles. The number of amides is 1. The van der Waals surface area contributed by atoms with Crippen molar-refractivity contribution >= 4 is 55.1 Å². The van der Waals surface area contributed by atoms with E-state index < -0.39 is 23.4 Å². The fourth-order valence-corrected chi connectivity index (χ4v) is 3.57. The van der Waals surface area contributed by atoms with Gasteiger partial charge in [0.2, 0.25) is 0 Å². The molecule has 0 aliphatic carbocycles. The van der Waals surface area contributed by atoms with Crippen molar-refractivity contribution in [1.29, 1.82) is 0 Å². The van der Waals surface area contributed by atoms with Gasteiger partial charge in [-0.15, -0.1) is 0 Å². The van der Waals surface area contributed by atoms with E-state index in [-0.39, 0.29) is 5.69 Å². The van der Waals surface area contributed by atoms with Gasteiger partial charge in [-0.1, -0.05) is 17.7 Å². The SMILES string of the molecule is Cc1ccc(C(=O)OCC(=O)Nc2c(Br)cc([N+](=O)[O-])cc2Br)c(C)c1. The summed E-state index contributed by atoms with van der Waals surface area (Å²) in [5.74, 6) is -1.17. The number of hydrogen-bond acceptors (Lipinski definition) is 5. The normalized spacial score (nSPS) is 10.3. The fraction of sp³-hybridized carbons (Fsp3) is 0.176. The lowest BCUT2D eigenvalue weighted by Crippen LogP contribution is -2.21. The molecule has 1 N–H and O–H groups in total. The predicted molar refractivity (Wildman–Crippen MR) is 103 cm³/mol. The van der Waals surface area contributed by atoms with E-state index in [0.29, 0.717) is 20.2 Å². The van der Waals surface area contributed by atoms with Crippen LogP contribution >= 0.6 is 31.9 Å². The van der Waals surface area contributed by atoms with E-state index >= 15 is 0 Å². The second-order valence-electron chi connectivity index (χ2n) is 5.48. The topological polar surface area (TPSA) is 98.5 Å². The number of nitro benzene ring substituents is 1. The van der Waals surface area contributed by atoms with Crippen LogP contribution in [-0.4, -0.2) is 23.4 Å². The van der Waals surface area contributed by atoms with Crippen LogP contribution in [0.25, 0.3) is 0 Å². The Morgan fingerprint density at radius 2 is 1.77 bits per heavy atom. The summed E-state index contributed by atoms with van der Waals surface area (Å²) in [7, 11) is 0. The number of benzene rings is 2. The monoisotopic (exact) mass is 484 g/mol. The van der Waals surface area contributed by atoms with E-state index in [1.54, 1.807) is 19.1 Å². The fourth-order valence-electron chi connectivity index (χ4n) is 2.21. The number of esters is 1. The van der Waals surface area contributed by atoms with Gasteiger partial charge in [0.15, 0.2) is 6.61 Å². The highest BCUT2D eigenvalue weighted by Crippen LogP contribution is 2.35. The van der Waals surface area contributed by atoms with Crippen molar-refractivity contribution in [3.63, 3.8) is 0 Å². The molecule has 0 fully saturated rings. The minimum atomic E-state index is -0.598. The van der Waals surface area contributed by atoms with E-state index in [4.69, 9.17) is 4.74 Å². The summed E-state index contributed by atoms with van der Waals surface area (Å²) in [5.41, 5.74) is 2.34. The second kappa shape index (κ2) is 8.41. The number of carbonyl (C=O) groups excluding carboxylic acids is 2. The van der Waals surface area contributed by atoms with E-state index in [9.17, 15) is 19.7 Å². The van der Waals surface area contributed by atoms with Gasteiger partial charge in [0, 0.05) is 21.1 Å². The van der Waals surface area contributed by atoms with Crippen molar-refractivity contribution in [3.8, 4) is 0 Å². The molecule has 0 unspecified atom stereocenters. The molecule has 0 radical (unpaired) electrons. The first-order chi connectivity index (χ1) is 12.2. The van der Waals surface area contributed by atoms with Crippen LogP contribution in [0.1, 0.15) is 21.5 Å². The quantitative estimate of drug-likeness (QED) is 0.381. The van der Waals surface area contributed by atoms with E-state index in [1.165, 1.54) is 12.1 Å². The minimum Gasteiger partial charge on any atom is -0.452 e. The van der Waals surface area contributed by atoms with Crippen molar-refractivity contribution < 1.29 is 19.2 Å². The summed E-state index contributed by atoms with van der Waals surface area (Å²) in [6.45, 7) is 3.21. The predicted octanol–water partition coefficient (Wildman–Crippen LogP) is 4.53. The molecule has 136 valence electrons. The van der Waals surface area contributed by atoms with Crippen LogP contribution in [0.5, 0.6) is 0 Å². The number of carbonyl (C=O) groups is 2. The van der Waals surface area contributed by atoms with Crippen LogP contribution in [0.2, 0.25) is 0 Å². The molecule has 2 aromatic carbocycles. The molecule has 0 aliphatic rings. The number of nitro groups is 1. The number of aryl methyl sites for hydroxylation is 2. The lowest BCUT2D eigenvalue weighted by Gasteiger charge is -2.11. The number of nitrogens with one attached hydrogen (secondary N) is 1. The Bertz CT molecular complexity index is 876. The number of ether oxygens (including phenoxy) is 1. The summed E-state index contributed by atoms with van der Waals surface area (Å²) in [6, 6.07) is 7.81. The van der Waals surface area contributed by atoms with E-state index in [2.05, 4.69) is 37.2 Å². The van der Waals surface area contributed by atoms with Gasteiger partial charge in [0.1, 0.15) is 0 Å². The number of halogens is 2. The molecular weight excluding hydrogens is 472 g/mol. The number of rotatable bonds is 5. The molecule has 2 rings (SSSR count). The Hall–Kier alpha value is -2.26. The molecule has 0 spiro atoms.